The van der Waals surface area contributed by atoms with Crippen molar-refractivity contribution in [3.05, 3.63) is 17.5 Å². The third-order valence-electron chi connectivity index (χ3n) is 3.66. The summed E-state index contributed by atoms with van der Waals surface area (Å²) in [6.45, 7) is 5.60. The summed E-state index contributed by atoms with van der Waals surface area (Å²) < 4.78 is 5.88. The van der Waals surface area contributed by atoms with Gasteiger partial charge in [0.25, 0.3) is 0 Å². The average Bonchev–Trinajstić information content (AvgIpc) is 2.39. The monoisotopic (exact) mass is 278 g/mol. The number of rotatable bonds is 6. The molecule has 0 radical (unpaired) electrons. The normalized spacial score (nSPS) is 22.8. The van der Waals surface area contributed by atoms with Crippen molar-refractivity contribution < 1.29 is 4.74 Å². The second-order valence-electron chi connectivity index (χ2n) is 5.66. The summed E-state index contributed by atoms with van der Waals surface area (Å²) in [5.74, 6) is 0.714. The number of hydrogen-bond donors (Lipinski definition) is 2. The van der Waals surface area contributed by atoms with Gasteiger partial charge in [0, 0.05) is 30.6 Å². The maximum atomic E-state index is 5.88. The van der Waals surface area contributed by atoms with Gasteiger partial charge in [0.1, 0.15) is 0 Å². The lowest BCUT2D eigenvalue weighted by molar-refractivity contribution is 0.0251. The third kappa shape index (κ3) is 5.06. The van der Waals surface area contributed by atoms with Crippen LogP contribution in [-0.4, -0.2) is 35.3 Å². The first-order valence-electron chi connectivity index (χ1n) is 7.57. The van der Waals surface area contributed by atoms with E-state index in [4.69, 9.17) is 10.5 Å². The topological polar surface area (TPSA) is 73.1 Å². The lowest BCUT2D eigenvalue weighted by atomic mass is 9.94. The fourth-order valence-electron chi connectivity index (χ4n) is 2.58. The zero-order chi connectivity index (χ0) is 14.4. The molecule has 0 bridgehead atoms. The van der Waals surface area contributed by atoms with Crippen LogP contribution < -0.4 is 11.1 Å². The van der Waals surface area contributed by atoms with Crippen molar-refractivity contribution in [2.45, 2.75) is 58.1 Å². The van der Waals surface area contributed by atoms with E-state index in [0.717, 1.165) is 56.6 Å². The first kappa shape index (κ1) is 15.2. The molecule has 0 aliphatic heterocycles. The Kier molecular flexibility index (Phi) is 5.73. The Bertz CT molecular complexity index is 396. The average molecular weight is 278 g/mol. The molecule has 1 aromatic rings. The summed E-state index contributed by atoms with van der Waals surface area (Å²) in [6, 6.07) is 2.36. The second-order valence-corrected chi connectivity index (χ2v) is 5.66. The van der Waals surface area contributed by atoms with Crippen LogP contribution in [0, 0.1) is 13.8 Å². The van der Waals surface area contributed by atoms with Crippen LogP contribution in [0.5, 0.6) is 0 Å². The maximum absolute atomic E-state index is 5.88. The minimum atomic E-state index is 0.387. The number of nitrogens with two attached hydrogens (primary N) is 1. The standard InChI is InChI=1S/C15H26N4O/c1-11-10-12(2)19-15(18-11)17-8-3-9-20-14-6-4-13(16)5-7-14/h10,13-14H,3-9,16H2,1-2H3,(H,17,18,19). The van der Waals surface area contributed by atoms with Crippen molar-refractivity contribution in [3.8, 4) is 0 Å². The van der Waals surface area contributed by atoms with Gasteiger partial charge in [0.05, 0.1) is 6.10 Å². The number of anilines is 1. The Morgan fingerprint density at radius 2 is 1.85 bits per heavy atom. The van der Waals surface area contributed by atoms with Gasteiger partial charge in [-0.1, -0.05) is 0 Å². The summed E-state index contributed by atoms with van der Waals surface area (Å²) in [6.07, 6.45) is 5.79. The molecule has 5 heteroatoms. The quantitative estimate of drug-likeness (QED) is 0.780. The Morgan fingerprint density at radius 1 is 1.20 bits per heavy atom. The van der Waals surface area contributed by atoms with E-state index in [-0.39, 0.29) is 0 Å². The number of hydrogen-bond acceptors (Lipinski definition) is 5. The van der Waals surface area contributed by atoms with Gasteiger partial charge in [0.2, 0.25) is 5.95 Å². The molecular formula is C15H26N4O. The third-order valence-corrected chi connectivity index (χ3v) is 3.66. The van der Waals surface area contributed by atoms with Crippen LogP contribution in [0.1, 0.15) is 43.5 Å². The molecule has 2 rings (SSSR count). The van der Waals surface area contributed by atoms with E-state index in [2.05, 4.69) is 15.3 Å². The minimum Gasteiger partial charge on any atom is -0.378 e. The molecule has 0 atom stereocenters. The predicted molar refractivity (Wildman–Crippen MR) is 80.8 cm³/mol. The largest absolute Gasteiger partial charge is 0.378 e. The van der Waals surface area contributed by atoms with E-state index >= 15 is 0 Å². The fraction of sp³-hybridized carbons (Fsp3) is 0.733. The number of nitrogens with zero attached hydrogens (tertiary/aromatic N) is 2. The highest BCUT2D eigenvalue weighted by molar-refractivity contribution is 5.27. The molecular weight excluding hydrogens is 252 g/mol. The summed E-state index contributed by atoms with van der Waals surface area (Å²) in [4.78, 5) is 8.71. The van der Waals surface area contributed by atoms with Crippen LogP contribution in [0.15, 0.2) is 6.07 Å². The maximum Gasteiger partial charge on any atom is 0.223 e. The van der Waals surface area contributed by atoms with Crippen molar-refractivity contribution in [1.29, 1.82) is 0 Å². The van der Waals surface area contributed by atoms with E-state index in [1.54, 1.807) is 0 Å². The van der Waals surface area contributed by atoms with Gasteiger partial charge in [-0.15, -0.1) is 0 Å². The molecule has 1 saturated carbocycles. The number of aromatic nitrogens is 2. The number of ether oxygens (including phenoxy) is 1. The first-order valence-corrected chi connectivity index (χ1v) is 7.57. The Hall–Kier alpha value is -1.20. The molecule has 0 spiro atoms. The summed E-state index contributed by atoms with van der Waals surface area (Å²) in [7, 11) is 0. The van der Waals surface area contributed by atoms with Crippen LogP contribution in [0.2, 0.25) is 0 Å². The SMILES string of the molecule is Cc1cc(C)nc(NCCCOC2CCC(N)CC2)n1. The van der Waals surface area contributed by atoms with Gasteiger partial charge >= 0.3 is 0 Å². The van der Waals surface area contributed by atoms with Crippen LogP contribution in [0.25, 0.3) is 0 Å². The van der Waals surface area contributed by atoms with Gasteiger partial charge < -0.3 is 15.8 Å². The van der Waals surface area contributed by atoms with Gasteiger partial charge in [-0.25, -0.2) is 9.97 Å². The Labute approximate surface area is 121 Å². The van der Waals surface area contributed by atoms with E-state index in [1.165, 1.54) is 0 Å². The van der Waals surface area contributed by atoms with Gasteiger partial charge in [0.15, 0.2) is 0 Å². The van der Waals surface area contributed by atoms with Gasteiger partial charge in [-0.2, -0.15) is 0 Å². The summed E-state index contributed by atoms with van der Waals surface area (Å²) in [5, 5.41) is 3.25. The first-order chi connectivity index (χ1) is 9.63. The van der Waals surface area contributed by atoms with Crippen LogP contribution in [-0.2, 0) is 4.74 Å². The summed E-state index contributed by atoms with van der Waals surface area (Å²) in [5.41, 5.74) is 7.87. The molecule has 1 aliphatic rings. The molecule has 0 saturated heterocycles. The molecule has 0 unspecified atom stereocenters. The zero-order valence-corrected chi connectivity index (χ0v) is 12.6. The van der Waals surface area contributed by atoms with Crippen LogP contribution in [0.3, 0.4) is 0 Å². The van der Waals surface area contributed by atoms with E-state index < -0.39 is 0 Å². The van der Waals surface area contributed by atoms with Crippen LogP contribution >= 0.6 is 0 Å². The Morgan fingerprint density at radius 3 is 2.50 bits per heavy atom. The summed E-state index contributed by atoms with van der Waals surface area (Å²) >= 11 is 0. The highest BCUT2D eigenvalue weighted by Crippen LogP contribution is 2.19. The molecule has 0 aromatic carbocycles. The zero-order valence-electron chi connectivity index (χ0n) is 12.6. The molecule has 1 heterocycles. The molecule has 112 valence electrons. The van der Waals surface area contributed by atoms with E-state index in [1.807, 2.05) is 19.9 Å². The van der Waals surface area contributed by atoms with Crippen molar-refractivity contribution in [2.24, 2.45) is 5.73 Å². The van der Waals surface area contributed by atoms with E-state index in [0.29, 0.717) is 18.1 Å². The molecule has 1 aliphatic carbocycles. The van der Waals surface area contributed by atoms with Gasteiger partial charge in [-0.05, 0) is 52.0 Å². The predicted octanol–water partition coefficient (Wildman–Crippen LogP) is 2.18. The number of aryl methyl sites for hydroxylation is 2. The van der Waals surface area contributed by atoms with E-state index in [9.17, 15) is 0 Å². The lowest BCUT2D eigenvalue weighted by Gasteiger charge is -2.26. The molecule has 5 nitrogen and oxygen atoms in total. The lowest BCUT2D eigenvalue weighted by Crippen LogP contribution is -2.30. The highest BCUT2D eigenvalue weighted by Gasteiger charge is 2.18. The number of nitrogens with one attached hydrogen (secondary N) is 1. The van der Waals surface area contributed by atoms with Crippen molar-refractivity contribution in [1.82, 2.24) is 9.97 Å². The van der Waals surface area contributed by atoms with Crippen molar-refractivity contribution >= 4 is 5.95 Å². The smallest absolute Gasteiger partial charge is 0.223 e. The van der Waals surface area contributed by atoms with Crippen molar-refractivity contribution in [3.63, 3.8) is 0 Å². The second kappa shape index (κ2) is 7.55. The molecule has 3 N–H and O–H groups in total. The Balaban J connectivity index is 1.59. The molecule has 20 heavy (non-hydrogen) atoms. The van der Waals surface area contributed by atoms with Crippen LogP contribution in [0.4, 0.5) is 5.95 Å². The molecule has 1 aromatic heterocycles. The van der Waals surface area contributed by atoms with Crippen molar-refractivity contribution in [2.75, 3.05) is 18.5 Å². The minimum absolute atomic E-state index is 0.387. The molecule has 0 amide bonds. The van der Waals surface area contributed by atoms with Gasteiger partial charge in [-0.3, -0.25) is 0 Å². The highest BCUT2D eigenvalue weighted by atomic mass is 16.5. The fourth-order valence-corrected chi connectivity index (χ4v) is 2.58. The molecule has 1 fully saturated rings.